The number of hydrogen-bond acceptors (Lipinski definition) is 3. The molecule has 0 bridgehead atoms. The van der Waals surface area contributed by atoms with E-state index < -0.39 is 23.4 Å². The average molecular weight is 265 g/mol. The van der Waals surface area contributed by atoms with E-state index >= 15 is 0 Å². The maximum absolute atomic E-state index is 11.2. The van der Waals surface area contributed by atoms with Gasteiger partial charge in [0.1, 0.15) is 0 Å². The molecule has 19 heavy (non-hydrogen) atoms. The van der Waals surface area contributed by atoms with E-state index in [2.05, 4.69) is 0 Å². The van der Waals surface area contributed by atoms with E-state index in [0.717, 1.165) is 12.5 Å². The molecular weight excluding hydrogens is 250 g/mol. The minimum absolute atomic E-state index is 0.221. The Bertz CT molecular complexity index is 469. The summed E-state index contributed by atoms with van der Waals surface area (Å²) in [6.07, 6.45) is 0.0149. The number of nitrogens with one attached hydrogen (secondary N) is 1. The van der Waals surface area contributed by atoms with Crippen molar-refractivity contribution in [1.82, 2.24) is 5.32 Å². The van der Waals surface area contributed by atoms with E-state index in [4.69, 9.17) is 10.2 Å². The summed E-state index contributed by atoms with van der Waals surface area (Å²) >= 11 is 0. The second-order valence-corrected chi connectivity index (χ2v) is 4.18. The number of aliphatic carboxylic acids is 2. The minimum atomic E-state index is -2.29. The van der Waals surface area contributed by atoms with Gasteiger partial charge in [-0.25, -0.2) is 9.59 Å². The SMILES string of the molecule is CC(=O)NC(CCc1ccccc1)(C(=O)O)C(=O)O. The topological polar surface area (TPSA) is 104 Å². The first-order valence-corrected chi connectivity index (χ1v) is 5.68. The number of carbonyl (C=O) groups is 3. The molecule has 0 aromatic heterocycles. The van der Waals surface area contributed by atoms with Gasteiger partial charge in [-0.1, -0.05) is 30.3 Å². The van der Waals surface area contributed by atoms with Crippen LogP contribution in [0, 0.1) is 0 Å². The van der Waals surface area contributed by atoms with Crippen LogP contribution in [0.25, 0.3) is 0 Å². The molecule has 102 valence electrons. The van der Waals surface area contributed by atoms with Gasteiger partial charge in [0, 0.05) is 6.92 Å². The third kappa shape index (κ3) is 3.54. The number of benzene rings is 1. The van der Waals surface area contributed by atoms with Gasteiger partial charge >= 0.3 is 11.9 Å². The largest absolute Gasteiger partial charge is 0.479 e. The number of carboxylic acid groups (broad SMARTS) is 2. The highest BCUT2D eigenvalue weighted by Gasteiger charge is 2.47. The fourth-order valence-electron chi connectivity index (χ4n) is 1.75. The van der Waals surface area contributed by atoms with Crippen LogP contribution in [-0.4, -0.2) is 33.6 Å². The molecule has 0 unspecified atom stereocenters. The predicted molar refractivity (Wildman–Crippen MR) is 66.6 cm³/mol. The van der Waals surface area contributed by atoms with Crippen LogP contribution in [0.2, 0.25) is 0 Å². The molecule has 0 aliphatic heterocycles. The molecule has 3 N–H and O–H groups in total. The first-order valence-electron chi connectivity index (χ1n) is 5.68. The molecule has 0 fully saturated rings. The monoisotopic (exact) mass is 265 g/mol. The van der Waals surface area contributed by atoms with Gasteiger partial charge < -0.3 is 15.5 Å². The normalized spacial score (nSPS) is 10.8. The van der Waals surface area contributed by atoms with Crippen LogP contribution < -0.4 is 5.32 Å². The molecule has 1 rings (SSSR count). The molecule has 0 saturated heterocycles. The molecule has 0 saturated carbocycles. The number of aryl methyl sites for hydroxylation is 1. The number of amides is 1. The van der Waals surface area contributed by atoms with Crippen molar-refractivity contribution in [3.63, 3.8) is 0 Å². The van der Waals surface area contributed by atoms with Crippen LogP contribution in [-0.2, 0) is 20.8 Å². The minimum Gasteiger partial charge on any atom is -0.479 e. The Kier molecular flexibility index (Phi) is 4.63. The second-order valence-electron chi connectivity index (χ2n) is 4.18. The highest BCUT2D eigenvalue weighted by molar-refractivity contribution is 6.06. The maximum Gasteiger partial charge on any atom is 0.341 e. The molecule has 0 aliphatic carbocycles. The lowest BCUT2D eigenvalue weighted by Crippen LogP contribution is -2.60. The number of hydrogen-bond donors (Lipinski definition) is 3. The predicted octanol–water partition coefficient (Wildman–Crippen LogP) is 0.663. The zero-order chi connectivity index (χ0) is 14.5. The summed E-state index contributed by atoms with van der Waals surface area (Å²) in [4.78, 5) is 33.5. The van der Waals surface area contributed by atoms with Crippen LogP contribution in [0.3, 0.4) is 0 Å². The fourth-order valence-corrected chi connectivity index (χ4v) is 1.75. The summed E-state index contributed by atoms with van der Waals surface area (Å²) in [6, 6.07) is 8.89. The van der Waals surface area contributed by atoms with Crippen LogP contribution in [0.1, 0.15) is 18.9 Å². The maximum atomic E-state index is 11.2. The number of carbonyl (C=O) groups excluding carboxylic acids is 1. The molecule has 6 heteroatoms. The highest BCUT2D eigenvalue weighted by Crippen LogP contribution is 2.16. The van der Waals surface area contributed by atoms with E-state index in [1.165, 1.54) is 0 Å². The van der Waals surface area contributed by atoms with Gasteiger partial charge in [-0.3, -0.25) is 4.79 Å². The first kappa shape index (κ1) is 14.7. The second kappa shape index (κ2) is 5.99. The first-order chi connectivity index (χ1) is 8.88. The Labute approximate surface area is 110 Å². The van der Waals surface area contributed by atoms with Crippen molar-refractivity contribution in [2.24, 2.45) is 0 Å². The van der Waals surface area contributed by atoms with Crippen molar-refractivity contribution in [3.05, 3.63) is 35.9 Å². The lowest BCUT2D eigenvalue weighted by atomic mass is 9.91. The number of rotatable bonds is 6. The highest BCUT2D eigenvalue weighted by atomic mass is 16.4. The van der Waals surface area contributed by atoms with Crippen molar-refractivity contribution in [2.45, 2.75) is 25.3 Å². The van der Waals surface area contributed by atoms with Gasteiger partial charge in [0.25, 0.3) is 0 Å². The zero-order valence-electron chi connectivity index (χ0n) is 10.4. The van der Waals surface area contributed by atoms with Crippen molar-refractivity contribution in [1.29, 1.82) is 0 Å². The zero-order valence-corrected chi connectivity index (χ0v) is 10.4. The Balaban J connectivity index is 2.94. The Morgan fingerprint density at radius 3 is 2.05 bits per heavy atom. The van der Waals surface area contributed by atoms with Gasteiger partial charge in [0.15, 0.2) is 0 Å². The smallest absolute Gasteiger partial charge is 0.341 e. The Hall–Kier alpha value is -2.37. The quantitative estimate of drug-likeness (QED) is 0.656. The van der Waals surface area contributed by atoms with Crippen molar-refractivity contribution in [2.75, 3.05) is 0 Å². The molecule has 0 heterocycles. The molecule has 0 aliphatic rings. The molecule has 6 nitrogen and oxygen atoms in total. The molecule has 0 spiro atoms. The lowest BCUT2D eigenvalue weighted by Gasteiger charge is -2.25. The Morgan fingerprint density at radius 1 is 1.11 bits per heavy atom. The third-order valence-electron chi connectivity index (χ3n) is 2.75. The van der Waals surface area contributed by atoms with Gasteiger partial charge in [0.2, 0.25) is 11.4 Å². The van der Waals surface area contributed by atoms with E-state index in [1.807, 2.05) is 5.32 Å². The molecule has 1 aromatic rings. The van der Waals surface area contributed by atoms with Crippen molar-refractivity contribution >= 4 is 17.8 Å². The molecule has 0 radical (unpaired) electrons. The van der Waals surface area contributed by atoms with Crippen molar-refractivity contribution < 1.29 is 24.6 Å². The fraction of sp³-hybridized carbons (Fsp3) is 0.308. The molecule has 1 amide bonds. The summed E-state index contributed by atoms with van der Waals surface area (Å²) in [5.74, 6) is -3.85. The van der Waals surface area contributed by atoms with E-state index in [1.54, 1.807) is 30.3 Å². The van der Waals surface area contributed by atoms with Crippen LogP contribution in [0.15, 0.2) is 30.3 Å². The lowest BCUT2D eigenvalue weighted by molar-refractivity contribution is -0.161. The number of carboxylic acids is 2. The van der Waals surface area contributed by atoms with Gasteiger partial charge in [-0.15, -0.1) is 0 Å². The Morgan fingerprint density at radius 2 is 1.63 bits per heavy atom. The summed E-state index contributed by atoms with van der Waals surface area (Å²) in [6.45, 7) is 1.09. The van der Waals surface area contributed by atoms with E-state index in [9.17, 15) is 14.4 Å². The van der Waals surface area contributed by atoms with Crippen molar-refractivity contribution in [3.8, 4) is 0 Å². The van der Waals surface area contributed by atoms with Gasteiger partial charge in [-0.05, 0) is 18.4 Å². The summed E-state index contributed by atoms with van der Waals surface area (Å²) < 4.78 is 0. The third-order valence-corrected chi connectivity index (χ3v) is 2.75. The summed E-state index contributed by atoms with van der Waals surface area (Å²) in [5, 5.41) is 20.3. The molecule has 1 aromatic carbocycles. The van der Waals surface area contributed by atoms with Gasteiger partial charge in [0.05, 0.1) is 0 Å². The van der Waals surface area contributed by atoms with E-state index in [0.29, 0.717) is 0 Å². The molecule has 0 atom stereocenters. The standard InChI is InChI=1S/C13H15NO5/c1-9(15)14-13(11(16)17,12(18)19)8-7-10-5-3-2-4-6-10/h2-6H,7-8H2,1H3,(H,14,15)(H,16,17)(H,18,19). The van der Waals surface area contributed by atoms with Crippen LogP contribution in [0.5, 0.6) is 0 Å². The van der Waals surface area contributed by atoms with Crippen LogP contribution >= 0.6 is 0 Å². The summed E-state index contributed by atoms with van der Waals surface area (Å²) in [5.41, 5.74) is -1.48. The van der Waals surface area contributed by atoms with Gasteiger partial charge in [-0.2, -0.15) is 0 Å². The average Bonchev–Trinajstić information content (AvgIpc) is 2.34. The van der Waals surface area contributed by atoms with Crippen LogP contribution in [0.4, 0.5) is 0 Å². The summed E-state index contributed by atoms with van der Waals surface area (Å²) in [7, 11) is 0. The van der Waals surface area contributed by atoms with E-state index in [-0.39, 0.29) is 12.8 Å². The molecular formula is C13H15NO5.